The van der Waals surface area contributed by atoms with Crippen LogP contribution in [0.3, 0.4) is 0 Å². The molecule has 0 fully saturated rings. The second-order valence-electron chi connectivity index (χ2n) is 8.53. The molecule has 0 aliphatic carbocycles. The molecule has 2 nitrogen and oxygen atoms in total. The van der Waals surface area contributed by atoms with E-state index in [9.17, 15) is 9.59 Å². The van der Waals surface area contributed by atoms with Crippen LogP contribution in [0.4, 0.5) is 0 Å². The maximum Gasteiger partial charge on any atom is 0.152 e. The Balaban J connectivity index is 1.73. The van der Waals surface area contributed by atoms with Gasteiger partial charge in [-0.2, -0.15) is 0 Å². The van der Waals surface area contributed by atoms with Crippen LogP contribution in [0.5, 0.6) is 0 Å². The molecule has 0 unspecified atom stereocenters. The van der Waals surface area contributed by atoms with Gasteiger partial charge in [-0.05, 0) is 50.6 Å². The highest BCUT2D eigenvalue weighted by Crippen LogP contribution is 2.38. The average Bonchev–Trinajstić information content (AvgIpc) is 2.83. The molecule has 5 rings (SSSR count). The highest BCUT2D eigenvalue weighted by atomic mass is 32.2. The summed E-state index contributed by atoms with van der Waals surface area (Å²) in [5, 5.41) is 0. The summed E-state index contributed by atoms with van der Waals surface area (Å²) in [6.07, 6.45) is 0. The van der Waals surface area contributed by atoms with Crippen LogP contribution in [0.2, 0.25) is 0 Å². The Labute approximate surface area is 218 Å². The molecule has 3 aromatic carbocycles. The number of carbonyl (C=O) groups excluding carboxylic acids is 2. The topological polar surface area (TPSA) is 34.1 Å². The zero-order valence-corrected chi connectivity index (χ0v) is 22.1. The molecule has 0 radical (unpaired) electrons. The van der Waals surface area contributed by atoms with E-state index in [0.29, 0.717) is 34.6 Å². The van der Waals surface area contributed by atoms with E-state index in [1.807, 2.05) is 0 Å². The van der Waals surface area contributed by atoms with Crippen molar-refractivity contribution in [1.82, 2.24) is 0 Å². The Bertz CT molecular complexity index is 1070. The average molecular weight is 523 g/mol. The van der Waals surface area contributed by atoms with E-state index in [0.717, 1.165) is 23.0 Å². The molecule has 3 aromatic rings. The maximum absolute atomic E-state index is 12.6. The third-order valence-corrected chi connectivity index (χ3v) is 10.2. The van der Waals surface area contributed by atoms with E-state index in [2.05, 4.69) is 60.7 Å². The van der Waals surface area contributed by atoms with Crippen molar-refractivity contribution in [3.8, 4) is 22.3 Å². The van der Waals surface area contributed by atoms with E-state index in [1.165, 1.54) is 44.5 Å². The van der Waals surface area contributed by atoms with Crippen LogP contribution >= 0.6 is 47.0 Å². The fourth-order valence-electron chi connectivity index (χ4n) is 4.54. The van der Waals surface area contributed by atoms with Gasteiger partial charge in [-0.3, -0.25) is 9.59 Å². The molecule has 0 saturated heterocycles. The summed E-state index contributed by atoms with van der Waals surface area (Å²) in [6.45, 7) is 0. The lowest BCUT2D eigenvalue weighted by atomic mass is 9.90. The predicted octanol–water partition coefficient (Wildman–Crippen LogP) is 7.12. The van der Waals surface area contributed by atoms with E-state index in [-0.39, 0.29) is 0 Å². The Morgan fingerprint density at radius 1 is 0.441 bits per heavy atom. The van der Waals surface area contributed by atoms with Crippen molar-refractivity contribution >= 4 is 58.6 Å². The summed E-state index contributed by atoms with van der Waals surface area (Å²) in [5.74, 6) is 6.04. The molecule has 34 heavy (non-hydrogen) atoms. The fraction of sp³-hybridized carbons (Fsp3) is 0.286. The molecular weight excluding hydrogens is 497 g/mol. The number of thioether (sulfide) groups is 4. The molecule has 0 aromatic heterocycles. The number of hydrogen-bond acceptors (Lipinski definition) is 6. The first-order chi connectivity index (χ1) is 16.7. The van der Waals surface area contributed by atoms with Gasteiger partial charge in [0.2, 0.25) is 0 Å². The van der Waals surface area contributed by atoms with E-state index >= 15 is 0 Å². The molecule has 0 N–H and O–H groups in total. The Kier molecular flexibility index (Phi) is 8.10. The first-order valence-corrected chi connectivity index (χ1v) is 16.0. The normalized spacial score (nSPS) is 17.3. The number of hydrogen-bond donors (Lipinski definition) is 0. The Morgan fingerprint density at radius 2 is 0.765 bits per heavy atom. The highest BCUT2D eigenvalue weighted by molar-refractivity contribution is 8.01. The van der Waals surface area contributed by atoms with Gasteiger partial charge in [-0.15, -0.1) is 47.0 Å². The molecule has 2 aliphatic rings. The van der Waals surface area contributed by atoms with Gasteiger partial charge in [-0.25, -0.2) is 0 Å². The Hall–Kier alpha value is -1.60. The lowest BCUT2D eigenvalue weighted by Gasteiger charge is -2.20. The van der Waals surface area contributed by atoms with Crippen molar-refractivity contribution in [2.75, 3.05) is 23.0 Å². The zero-order valence-electron chi connectivity index (χ0n) is 18.9. The SMILES string of the molecule is O=C1CSCc2cccc3c2-c2cccc(c2)-c2c(cccc2CSCC(=O)CSC3)CSC1. The minimum atomic E-state index is 0.306. The van der Waals surface area contributed by atoms with Crippen molar-refractivity contribution in [3.05, 3.63) is 82.9 Å². The molecule has 0 spiro atoms. The summed E-state index contributed by atoms with van der Waals surface area (Å²) in [6, 6.07) is 22.0. The molecule has 174 valence electrons. The van der Waals surface area contributed by atoms with Gasteiger partial charge in [0.25, 0.3) is 0 Å². The molecule has 4 bridgehead atoms. The second kappa shape index (κ2) is 11.4. The van der Waals surface area contributed by atoms with Crippen LogP contribution in [-0.4, -0.2) is 34.6 Å². The summed E-state index contributed by atoms with van der Waals surface area (Å²) >= 11 is 6.83. The first-order valence-electron chi connectivity index (χ1n) is 11.4. The highest BCUT2D eigenvalue weighted by Gasteiger charge is 2.18. The van der Waals surface area contributed by atoms with Crippen molar-refractivity contribution < 1.29 is 9.59 Å². The lowest BCUT2D eigenvalue weighted by Crippen LogP contribution is -2.08. The smallest absolute Gasteiger partial charge is 0.152 e. The van der Waals surface area contributed by atoms with E-state index in [1.54, 1.807) is 47.0 Å². The summed E-state index contributed by atoms with van der Waals surface area (Å²) in [4.78, 5) is 25.1. The summed E-state index contributed by atoms with van der Waals surface area (Å²) in [7, 11) is 0. The largest absolute Gasteiger partial charge is 0.298 e. The minimum Gasteiger partial charge on any atom is -0.298 e. The van der Waals surface area contributed by atoms with Gasteiger partial charge < -0.3 is 0 Å². The van der Waals surface area contributed by atoms with Crippen LogP contribution in [0.1, 0.15) is 22.3 Å². The standard InChI is InChI=1S/C28H26O2S4/c29-25-15-31-11-21-6-2-7-22-12-32-16-26(30)18-34-14-24-9-3-8-23(13-33-17-25)28(24)20-5-1-4-19(10-20)27(21)22/h1-10H,11-18H2. The quantitative estimate of drug-likeness (QED) is 0.313. The Morgan fingerprint density at radius 3 is 1.12 bits per heavy atom. The van der Waals surface area contributed by atoms with Crippen molar-refractivity contribution in [2.24, 2.45) is 0 Å². The summed E-state index contributed by atoms with van der Waals surface area (Å²) < 4.78 is 0. The van der Waals surface area contributed by atoms with Gasteiger partial charge in [-0.1, -0.05) is 54.6 Å². The molecule has 2 heterocycles. The third kappa shape index (κ3) is 5.62. The van der Waals surface area contributed by atoms with Gasteiger partial charge in [0.15, 0.2) is 11.6 Å². The van der Waals surface area contributed by atoms with Crippen LogP contribution < -0.4 is 0 Å². The van der Waals surface area contributed by atoms with Crippen molar-refractivity contribution in [2.45, 2.75) is 23.0 Å². The van der Waals surface area contributed by atoms with E-state index in [4.69, 9.17) is 0 Å². The predicted molar refractivity (Wildman–Crippen MR) is 152 cm³/mol. The fourth-order valence-corrected chi connectivity index (χ4v) is 8.37. The number of Topliss-reactive ketones (excluding diaryl/α,β-unsaturated/α-hetero) is 2. The molecule has 0 atom stereocenters. The monoisotopic (exact) mass is 522 g/mol. The molecule has 0 saturated carbocycles. The van der Waals surface area contributed by atoms with Gasteiger partial charge in [0.1, 0.15) is 0 Å². The van der Waals surface area contributed by atoms with Crippen molar-refractivity contribution in [1.29, 1.82) is 0 Å². The number of carbonyl (C=O) groups is 2. The van der Waals surface area contributed by atoms with Gasteiger partial charge in [0.05, 0.1) is 23.0 Å². The molecule has 0 amide bonds. The van der Waals surface area contributed by atoms with Gasteiger partial charge in [0, 0.05) is 23.0 Å². The third-order valence-electron chi connectivity index (χ3n) is 6.00. The van der Waals surface area contributed by atoms with Crippen molar-refractivity contribution in [3.63, 3.8) is 0 Å². The molecule has 2 aliphatic heterocycles. The number of rotatable bonds is 0. The van der Waals surface area contributed by atoms with Gasteiger partial charge >= 0.3 is 0 Å². The van der Waals surface area contributed by atoms with Crippen LogP contribution in [0.15, 0.2) is 60.7 Å². The number of ketones is 2. The van der Waals surface area contributed by atoms with Crippen LogP contribution in [0, 0.1) is 0 Å². The maximum atomic E-state index is 12.6. The van der Waals surface area contributed by atoms with Crippen LogP contribution in [0.25, 0.3) is 22.3 Å². The van der Waals surface area contributed by atoms with E-state index < -0.39 is 0 Å². The second-order valence-corrected chi connectivity index (χ2v) is 12.5. The number of benzene rings is 3. The minimum absolute atomic E-state index is 0.306. The molecule has 6 heteroatoms. The molecular formula is C28H26O2S4. The first kappa shape index (κ1) is 24.1. The van der Waals surface area contributed by atoms with Crippen LogP contribution in [-0.2, 0) is 32.6 Å². The summed E-state index contributed by atoms with van der Waals surface area (Å²) in [5.41, 5.74) is 10.0. The zero-order chi connectivity index (χ0) is 23.3. The lowest BCUT2D eigenvalue weighted by molar-refractivity contribution is -0.115.